The largest absolute Gasteiger partial charge is 0.493 e. The molecule has 9 heteroatoms. The van der Waals surface area contributed by atoms with Gasteiger partial charge in [-0.3, -0.25) is 0 Å². The summed E-state index contributed by atoms with van der Waals surface area (Å²) in [4.78, 5) is 0. The van der Waals surface area contributed by atoms with Gasteiger partial charge in [-0.05, 0) is 69.7 Å². The molecule has 0 bridgehead atoms. The van der Waals surface area contributed by atoms with E-state index >= 15 is 0 Å². The Morgan fingerprint density at radius 2 is 1.86 bits per heavy atom. The number of methoxy groups -OCH3 is 1. The number of halogens is 6. The maximum atomic E-state index is 13.9. The molecule has 188 valence electrons. The van der Waals surface area contributed by atoms with Crippen molar-refractivity contribution in [3.8, 4) is 11.5 Å². The zero-order valence-electron chi connectivity index (χ0n) is 19.0. The van der Waals surface area contributed by atoms with Crippen molar-refractivity contribution in [1.82, 2.24) is 0 Å². The van der Waals surface area contributed by atoms with Crippen LogP contribution in [0, 0.1) is 5.92 Å². The molecule has 1 N–H and O–H groups in total. The number of ether oxygens (including phenoxy) is 2. The van der Waals surface area contributed by atoms with Crippen LogP contribution < -0.4 is 14.8 Å². The molecule has 1 aliphatic carbocycles. The van der Waals surface area contributed by atoms with Gasteiger partial charge < -0.3 is 14.8 Å². The van der Waals surface area contributed by atoms with Gasteiger partial charge in [0.15, 0.2) is 11.5 Å². The summed E-state index contributed by atoms with van der Waals surface area (Å²) < 4.78 is 53.9. The third-order valence-corrected chi connectivity index (χ3v) is 7.99. The summed E-state index contributed by atoms with van der Waals surface area (Å²) >= 11 is 16.3. The second kappa shape index (κ2) is 9.84. The van der Waals surface area contributed by atoms with Crippen LogP contribution >= 0.6 is 39.1 Å². The molecule has 1 heterocycles. The lowest BCUT2D eigenvalue weighted by Crippen LogP contribution is -2.31. The minimum atomic E-state index is -4.48. The molecule has 0 aromatic heterocycles. The number of alkyl halides is 3. The van der Waals surface area contributed by atoms with Crippen molar-refractivity contribution in [1.29, 1.82) is 0 Å². The van der Waals surface area contributed by atoms with Crippen LogP contribution in [0.3, 0.4) is 0 Å². The molecule has 36 heavy (non-hydrogen) atoms. The number of rotatable bonds is 5. The van der Waals surface area contributed by atoms with E-state index < -0.39 is 17.7 Å². The SMILES string of the molecule is COc1cc([C@@H]2Nc3c(Cl)ccc(C(F)(F)F)c3[C@H]3C=CC[C@H]32)cc(Br)c1OCc1ccccc1Cl. The number of anilines is 1. The Morgan fingerprint density at radius 1 is 1.08 bits per heavy atom. The predicted octanol–water partition coefficient (Wildman–Crippen LogP) is 9.19. The van der Waals surface area contributed by atoms with Gasteiger partial charge in [0, 0.05) is 16.5 Å². The van der Waals surface area contributed by atoms with Crippen molar-refractivity contribution < 1.29 is 22.6 Å². The van der Waals surface area contributed by atoms with Gasteiger partial charge in [-0.15, -0.1) is 0 Å². The van der Waals surface area contributed by atoms with Crippen LogP contribution in [0.2, 0.25) is 10.0 Å². The summed E-state index contributed by atoms with van der Waals surface area (Å²) in [5.41, 5.74) is 1.55. The second-order valence-corrected chi connectivity index (χ2v) is 10.4. The van der Waals surface area contributed by atoms with Gasteiger partial charge >= 0.3 is 6.18 Å². The molecule has 3 nitrogen and oxygen atoms in total. The van der Waals surface area contributed by atoms with E-state index in [9.17, 15) is 13.2 Å². The first-order chi connectivity index (χ1) is 17.2. The Labute approximate surface area is 225 Å². The summed E-state index contributed by atoms with van der Waals surface area (Å²) in [5, 5.41) is 4.18. The Hall–Kier alpha value is -2.35. The summed E-state index contributed by atoms with van der Waals surface area (Å²) in [6.07, 6.45) is -0.0445. The Kier molecular flexibility index (Phi) is 6.92. The van der Waals surface area contributed by atoms with Crippen LogP contribution in [0.1, 0.15) is 40.6 Å². The van der Waals surface area contributed by atoms with Crippen LogP contribution in [0.4, 0.5) is 18.9 Å². The molecule has 5 rings (SSSR count). The number of nitrogens with one attached hydrogen (secondary N) is 1. The van der Waals surface area contributed by atoms with E-state index in [1.807, 2.05) is 42.5 Å². The van der Waals surface area contributed by atoms with Gasteiger partial charge in [-0.25, -0.2) is 0 Å². The lowest BCUT2D eigenvalue weighted by Gasteiger charge is -2.39. The predicted molar refractivity (Wildman–Crippen MR) is 139 cm³/mol. The van der Waals surface area contributed by atoms with Gasteiger partial charge in [0.2, 0.25) is 0 Å². The summed E-state index contributed by atoms with van der Waals surface area (Å²) in [5.74, 6) is 0.471. The van der Waals surface area contributed by atoms with Gasteiger partial charge in [0.25, 0.3) is 0 Å². The molecule has 0 radical (unpaired) electrons. The standard InChI is InChI=1S/C27H21BrCl2F3NO2/c1-35-22-12-15(11-19(28)26(22)36-13-14-5-2-3-8-20(14)29)24-17-7-4-6-16(17)23-18(27(31,32)33)9-10-21(30)25(23)34-24/h2-6,8-12,16-17,24,34H,7,13H2,1H3/t16-,17+,24-/m0/s1. The number of allylic oxidation sites excluding steroid dienone is 2. The van der Waals surface area contributed by atoms with Crippen LogP contribution in [0.15, 0.2) is 65.2 Å². The number of hydrogen-bond acceptors (Lipinski definition) is 3. The van der Waals surface area contributed by atoms with E-state index in [2.05, 4.69) is 21.2 Å². The molecular weight excluding hydrogens is 578 g/mol. The Bertz CT molecular complexity index is 1350. The molecule has 0 spiro atoms. The average molecular weight is 599 g/mol. The van der Waals surface area contributed by atoms with E-state index in [-0.39, 0.29) is 29.2 Å². The van der Waals surface area contributed by atoms with Crippen LogP contribution in [-0.4, -0.2) is 7.11 Å². The molecule has 0 fully saturated rings. The molecule has 0 saturated heterocycles. The highest BCUT2D eigenvalue weighted by atomic mass is 79.9. The smallest absolute Gasteiger partial charge is 0.416 e. The summed E-state index contributed by atoms with van der Waals surface area (Å²) in [6.45, 7) is 0.244. The molecule has 3 aromatic carbocycles. The van der Waals surface area contributed by atoms with Crippen LogP contribution in [0.5, 0.6) is 11.5 Å². The minimum Gasteiger partial charge on any atom is -0.493 e. The number of fused-ring (bicyclic) bond motifs is 3. The maximum absolute atomic E-state index is 13.9. The second-order valence-electron chi connectivity index (χ2n) is 8.77. The zero-order valence-corrected chi connectivity index (χ0v) is 22.1. The molecule has 0 saturated carbocycles. The van der Waals surface area contributed by atoms with Crippen molar-refractivity contribution in [3.05, 3.63) is 97.5 Å². The maximum Gasteiger partial charge on any atom is 0.416 e. The number of hydrogen-bond donors (Lipinski definition) is 1. The van der Waals surface area contributed by atoms with Gasteiger partial charge in [0.05, 0.1) is 33.9 Å². The van der Waals surface area contributed by atoms with E-state index in [0.29, 0.717) is 33.1 Å². The average Bonchev–Trinajstić information content (AvgIpc) is 3.33. The first-order valence-electron chi connectivity index (χ1n) is 11.3. The van der Waals surface area contributed by atoms with Crippen molar-refractivity contribution in [2.75, 3.05) is 12.4 Å². The van der Waals surface area contributed by atoms with Crippen molar-refractivity contribution >= 4 is 44.8 Å². The van der Waals surface area contributed by atoms with E-state index in [0.717, 1.165) is 17.2 Å². The molecule has 1 aliphatic heterocycles. The Morgan fingerprint density at radius 3 is 2.58 bits per heavy atom. The fourth-order valence-corrected chi connectivity index (χ4v) is 6.06. The molecular formula is C27H21BrCl2F3NO2. The quantitative estimate of drug-likeness (QED) is 0.297. The van der Waals surface area contributed by atoms with Crippen molar-refractivity contribution in [2.45, 2.75) is 31.2 Å². The van der Waals surface area contributed by atoms with Gasteiger partial charge in [-0.2, -0.15) is 13.2 Å². The Balaban J connectivity index is 1.52. The molecule has 2 aliphatic rings. The van der Waals surface area contributed by atoms with E-state index in [4.69, 9.17) is 32.7 Å². The zero-order chi connectivity index (χ0) is 25.6. The molecule has 0 amide bonds. The topological polar surface area (TPSA) is 30.5 Å². The third kappa shape index (κ3) is 4.57. The lowest BCUT2D eigenvalue weighted by atomic mass is 9.75. The van der Waals surface area contributed by atoms with Gasteiger partial charge in [0.1, 0.15) is 6.61 Å². The summed E-state index contributed by atoms with van der Waals surface area (Å²) in [6, 6.07) is 13.2. The molecule has 3 atom stereocenters. The highest BCUT2D eigenvalue weighted by Gasteiger charge is 2.45. The molecule has 0 unspecified atom stereocenters. The third-order valence-electron chi connectivity index (χ3n) is 6.72. The van der Waals surface area contributed by atoms with Crippen LogP contribution in [0.25, 0.3) is 0 Å². The first-order valence-corrected chi connectivity index (χ1v) is 12.8. The number of benzene rings is 3. The highest BCUT2D eigenvalue weighted by Crippen LogP contribution is 2.55. The van der Waals surface area contributed by atoms with Gasteiger partial charge in [-0.1, -0.05) is 53.6 Å². The van der Waals surface area contributed by atoms with E-state index in [1.54, 1.807) is 13.2 Å². The molecule has 3 aromatic rings. The van der Waals surface area contributed by atoms with Crippen molar-refractivity contribution in [2.24, 2.45) is 5.92 Å². The fraction of sp³-hybridized carbons (Fsp3) is 0.259. The van der Waals surface area contributed by atoms with Crippen molar-refractivity contribution in [3.63, 3.8) is 0 Å². The first kappa shape index (κ1) is 25.3. The fourth-order valence-electron chi connectivity index (χ4n) is 5.08. The monoisotopic (exact) mass is 597 g/mol. The van der Waals surface area contributed by atoms with E-state index in [1.165, 1.54) is 6.07 Å². The summed E-state index contributed by atoms with van der Waals surface area (Å²) in [7, 11) is 1.55. The normalized spacial score (nSPS) is 20.5. The highest BCUT2D eigenvalue weighted by molar-refractivity contribution is 9.10. The van der Waals surface area contributed by atoms with Crippen LogP contribution in [-0.2, 0) is 12.8 Å². The lowest BCUT2D eigenvalue weighted by molar-refractivity contribution is -0.138. The minimum absolute atomic E-state index is 0.122.